The lowest BCUT2D eigenvalue weighted by Crippen LogP contribution is -2.28. The second-order valence-electron chi connectivity index (χ2n) is 6.37. The largest absolute Gasteiger partial charge is 0.337 e. The van der Waals surface area contributed by atoms with Gasteiger partial charge in [0.15, 0.2) is 0 Å². The van der Waals surface area contributed by atoms with E-state index < -0.39 is 0 Å². The van der Waals surface area contributed by atoms with Crippen molar-refractivity contribution in [2.45, 2.75) is 18.7 Å². The van der Waals surface area contributed by atoms with Gasteiger partial charge in [-0.3, -0.25) is 4.79 Å². The van der Waals surface area contributed by atoms with Crippen molar-refractivity contribution in [2.75, 3.05) is 12.8 Å². The van der Waals surface area contributed by atoms with Crippen LogP contribution in [0.1, 0.15) is 26.4 Å². The average molecular weight is 403 g/mol. The summed E-state index contributed by atoms with van der Waals surface area (Å²) in [6, 6.07) is 11.7. The quantitative estimate of drug-likeness (QED) is 0.595. The van der Waals surface area contributed by atoms with E-state index in [1.54, 1.807) is 16.2 Å². The Morgan fingerprint density at radius 1 is 1.27 bits per heavy atom. The molecule has 0 fully saturated rings. The maximum atomic E-state index is 13.4. The fourth-order valence-electron chi connectivity index (χ4n) is 3.26. The van der Waals surface area contributed by atoms with E-state index in [0.717, 1.165) is 34.1 Å². The average Bonchev–Trinajstić information content (AvgIpc) is 3.28. The summed E-state index contributed by atoms with van der Waals surface area (Å²) in [5.74, 6) is 2.16. The molecule has 0 radical (unpaired) electrons. The number of amides is 1. The number of benzene rings is 1. The molecule has 0 spiro atoms. The monoisotopic (exact) mass is 402 g/mol. The van der Waals surface area contributed by atoms with Crippen molar-refractivity contribution in [3.05, 3.63) is 75.4 Å². The van der Waals surface area contributed by atoms with Gasteiger partial charge in [0, 0.05) is 41.6 Å². The van der Waals surface area contributed by atoms with Crippen LogP contribution < -0.4 is 0 Å². The van der Waals surface area contributed by atoms with Crippen LogP contribution in [0.5, 0.6) is 0 Å². The van der Waals surface area contributed by atoms with Crippen LogP contribution in [-0.4, -0.2) is 28.2 Å². The Morgan fingerprint density at radius 2 is 2.08 bits per heavy atom. The molecule has 3 aromatic rings. The molecule has 0 saturated heterocycles. The topological polar surface area (TPSA) is 25.2 Å². The molecule has 0 bridgehead atoms. The molecule has 6 heteroatoms. The van der Waals surface area contributed by atoms with E-state index in [1.807, 2.05) is 67.6 Å². The molecule has 26 heavy (non-hydrogen) atoms. The molecule has 0 atom stereocenters. The van der Waals surface area contributed by atoms with Crippen molar-refractivity contribution in [1.82, 2.24) is 9.47 Å². The van der Waals surface area contributed by atoms with E-state index >= 15 is 0 Å². The van der Waals surface area contributed by atoms with Crippen LogP contribution >= 0.6 is 34.7 Å². The zero-order chi connectivity index (χ0) is 18.1. The summed E-state index contributed by atoms with van der Waals surface area (Å²) in [5.41, 5.74) is 3.14. The summed E-state index contributed by atoms with van der Waals surface area (Å²) in [7, 11) is 1.87. The first-order chi connectivity index (χ1) is 12.6. The number of fused-ring (bicyclic) bond motifs is 1. The second kappa shape index (κ2) is 7.51. The van der Waals surface area contributed by atoms with Gasteiger partial charge in [0.05, 0.1) is 5.56 Å². The maximum Gasteiger partial charge on any atom is 0.257 e. The van der Waals surface area contributed by atoms with Crippen molar-refractivity contribution in [1.29, 1.82) is 0 Å². The molecule has 2 aromatic heterocycles. The minimum atomic E-state index is 0.0816. The van der Waals surface area contributed by atoms with E-state index in [2.05, 4.69) is 4.57 Å². The van der Waals surface area contributed by atoms with Gasteiger partial charge in [-0.15, -0.1) is 11.3 Å². The SMILES string of the molecule is CN(Cc1cccc(Cl)c1)C(=O)c1c(-n2cccc2)sc2c1CCSC2. The van der Waals surface area contributed by atoms with Gasteiger partial charge in [-0.05, 0) is 47.6 Å². The third-order valence-electron chi connectivity index (χ3n) is 4.51. The van der Waals surface area contributed by atoms with Crippen LogP contribution in [0.4, 0.5) is 0 Å². The van der Waals surface area contributed by atoms with Gasteiger partial charge in [-0.2, -0.15) is 11.8 Å². The Morgan fingerprint density at radius 3 is 2.85 bits per heavy atom. The number of hydrogen-bond donors (Lipinski definition) is 0. The van der Waals surface area contributed by atoms with Crippen molar-refractivity contribution < 1.29 is 4.79 Å². The van der Waals surface area contributed by atoms with Gasteiger partial charge in [0.2, 0.25) is 0 Å². The highest BCUT2D eigenvalue weighted by Gasteiger charge is 2.28. The number of hydrogen-bond acceptors (Lipinski definition) is 3. The first-order valence-corrected chi connectivity index (χ1v) is 10.8. The molecule has 3 nitrogen and oxygen atoms in total. The molecule has 3 heterocycles. The number of halogens is 1. The summed E-state index contributed by atoms with van der Waals surface area (Å²) in [5, 5.41) is 1.73. The predicted molar refractivity (Wildman–Crippen MR) is 111 cm³/mol. The molecule has 1 aromatic carbocycles. The summed E-state index contributed by atoms with van der Waals surface area (Å²) >= 11 is 9.78. The zero-order valence-electron chi connectivity index (χ0n) is 14.4. The van der Waals surface area contributed by atoms with Gasteiger partial charge in [0.25, 0.3) is 5.91 Å². The van der Waals surface area contributed by atoms with Gasteiger partial charge >= 0.3 is 0 Å². The number of carbonyl (C=O) groups is 1. The van der Waals surface area contributed by atoms with Crippen LogP contribution in [0, 0.1) is 0 Å². The van der Waals surface area contributed by atoms with Crippen molar-refractivity contribution in [3.8, 4) is 5.00 Å². The van der Waals surface area contributed by atoms with Crippen molar-refractivity contribution in [3.63, 3.8) is 0 Å². The van der Waals surface area contributed by atoms with E-state index in [-0.39, 0.29) is 5.91 Å². The third kappa shape index (κ3) is 3.43. The second-order valence-corrected chi connectivity index (χ2v) is 8.99. The molecule has 1 aliphatic rings. The fraction of sp³-hybridized carbons (Fsp3) is 0.250. The van der Waals surface area contributed by atoms with Crippen LogP contribution in [0.15, 0.2) is 48.8 Å². The molecule has 0 aliphatic carbocycles. The highest BCUT2D eigenvalue weighted by molar-refractivity contribution is 7.98. The summed E-state index contributed by atoms with van der Waals surface area (Å²) in [4.78, 5) is 16.5. The number of thioether (sulfide) groups is 1. The Kier molecular flexibility index (Phi) is 5.11. The molecule has 1 amide bonds. The first kappa shape index (κ1) is 17.7. The highest BCUT2D eigenvalue weighted by atomic mass is 35.5. The van der Waals surface area contributed by atoms with Gasteiger partial charge in [0.1, 0.15) is 5.00 Å². The minimum absolute atomic E-state index is 0.0816. The lowest BCUT2D eigenvalue weighted by Gasteiger charge is -2.20. The summed E-state index contributed by atoms with van der Waals surface area (Å²) in [6.45, 7) is 0.546. The van der Waals surface area contributed by atoms with E-state index in [1.165, 1.54) is 10.4 Å². The van der Waals surface area contributed by atoms with Crippen molar-refractivity contribution in [2.24, 2.45) is 0 Å². The molecule has 0 saturated carbocycles. The number of aromatic nitrogens is 1. The standard InChI is InChI=1S/C20H19ClN2OS2/c1-22(12-14-5-4-6-15(21)11-14)19(24)18-16-7-10-25-13-17(16)26-20(18)23-8-2-3-9-23/h2-6,8-9,11H,7,10,12-13H2,1H3. The van der Waals surface area contributed by atoms with Crippen LogP contribution in [0.25, 0.3) is 5.00 Å². The number of carbonyl (C=O) groups excluding carboxylic acids is 1. The Hall–Kier alpha value is -1.69. The summed E-state index contributed by atoms with van der Waals surface area (Å²) in [6.07, 6.45) is 4.99. The van der Waals surface area contributed by atoms with E-state index in [4.69, 9.17) is 11.6 Å². The fourth-order valence-corrected chi connectivity index (χ4v) is 5.91. The predicted octanol–water partition coefficient (Wildman–Crippen LogP) is 5.25. The zero-order valence-corrected chi connectivity index (χ0v) is 16.8. The minimum Gasteiger partial charge on any atom is -0.337 e. The van der Waals surface area contributed by atoms with E-state index in [0.29, 0.717) is 11.6 Å². The highest BCUT2D eigenvalue weighted by Crippen LogP contribution is 2.39. The number of thiophene rings is 1. The van der Waals surface area contributed by atoms with Crippen LogP contribution in [0.2, 0.25) is 5.02 Å². The molecule has 0 unspecified atom stereocenters. The lowest BCUT2D eigenvalue weighted by atomic mass is 10.1. The smallest absolute Gasteiger partial charge is 0.257 e. The Bertz CT molecular complexity index is 933. The molecular formula is C20H19ClN2OS2. The van der Waals surface area contributed by atoms with Gasteiger partial charge < -0.3 is 9.47 Å². The third-order valence-corrected chi connectivity index (χ3v) is 7.16. The molecule has 1 aliphatic heterocycles. The Labute approximate surface area is 166 Å². The van der Waals surface area contributed by atoms with E-state index in [9.17, 15) is 4.79 Å². The molecule has 134 valence electrons. The molecule has 0 N–H and O–H groups in total. The maximum absolute atomic E-state index is 13.4. The molecule has 4 rings (SSSR count). The number of rotatable bonds is 4. The first-order valence-electron chi connectivity index (χ1n) is 8.49. The normalized spacial score (nSPS) is 13.5. The van der Waals surface area contributed by atoms with Crippen LogP contribution in [0.3, 0.4) is 0 Å². The Balaban J connectivity index is 1.69. The van der Waals surface area contributed by atoms with Gasteiger partial charge in [-0.1, -0.05) is 23.7 Å². The summed E-state index contributed by atoms with van der Waals surface area (Å²) < 4.78 is 2.06. The lowest BCUT2D eigenvalue weighted by molar-refractivity contribution is 0.0784. The van der Waals surface area contributed by atoms with Crippen molar-refractivity contribution >= 4 is 40.6 Å². The van der Waals surface area contributed by atoms with Gasteiger partial charge in [-0.25, -0.2) is 0 Å². The van der Waals surface area contributed by atoms with Crippen LogP contribution in [-0.2, 0) is 18.7 Å². The number of nitrogens with zero attached hydrogens (tertiary/aromatic N) is 2. The molecular weight excluding hydrogens is 384 g/mol.